The van der Waals surface area contributed by atoms with Crippen molar-refractivity contribution in [3.8, 4) is 5.75 Å². The molecule has 0 atom stereocenters. The van der Waals surface area contributed by atoms with Crippen molar-refractivity contribution in [1.82, 2.24) is 9.97 Å². The summed E-state index contributed by atoms with van der Waals surface area (Å²) in [6.07, 6.45) is 1.47. The number of halogens is 1. The first-order valence-corrected chi connectivity index (χ1v) is 13.9. The highest BCUT2D eigenvalue weighted by atomic mass is 35.5. The van der Waals surface area contributed by atoms with Crippen molar-refractivity contribution in [1.29, 1.82) is 0 Å². The molecule has 1 aliphatic rings. The molecule has 0 aliphatic carbocycles. The van der Waals surface area contributed by atoms with E-state index in [0.717, 1.165) is 18.8 Å². The minimum absolute atomic E-state index is 0.00975. The van der Waals surface area contributed by atoms with Gasteiger partial charge in [0.15, 0.2) is 5.82 Å². The molecule has 0 spiro atoms. The summed E-state index contributed by atoms with van der Waals surface area (Å²) in [7, 11) is -1.91. The van der Waals surface area contributed by atoms with E-state index in [1.165, 1.54) is 6.20 Å². The second-order valence-corrected chi connectivity index (χ2v) is 11.1. The molecule has 12 heteroatoms. The summed E-state index contributed by atoms with van der Waals surface area (Å²) >= 11 is 6.37. The Labute approximate surface area is 222 Å². The number of rotatable bonds is 10. The van der Waals surface area contributed by atoms with Gasteiger partial charge in [0.25, 0.3) is 0 Å². The highest BCUT2D eigenvalue weighted by Crippen LogP contribution is 2.33. The van der Waals surface area contributed by atoms with Crippen LogP contribution in [0, 0.1) is 5.92 Å². The Kier molecular flexibility index (Phi) is 8.57. The predicted octanol–water partition coefficient (Wildman–Crippen LogP) is 4.86. The first-order chi connectivity index (χ1) is 17.7. The third kappa shape index (κ3) is 7.15. The lowest BCUT2D eigenvalue weighted by Gasteiger charge is -2.29. The van der Waals surface area contributed by atoms with Crippen LogP contribution in [0.1, 0.15) is 13.8 Å². The number of hydrogen-bond acceptors (Lipinski definition) is 9. The van der Waals surface area contributed by atoms with Gasteiger partial charge in [0, 0.05) is 24.8 Å². The largest absolute Gasteiger partial charge is 0.494 e. The normalized spacial score (nSPS) is 13.9. The van der Waals surface area contributed by atoms with Gasteiger partial charge in [-0.2, -0.15) is 4.98 Å². The van der Waals surface area contributed by atoms with Gasteiger partial charge in [-0.1, -0.05) is 37.6 Å². The maximum absolute atomic E-state index is 12.5. The van der Waals surface area contributed by atoms with Crippen LogP contribution >= 0.6 is 11.6 Å². The fourth-order valence-corrected chi connectivity index (χ4v) is 5.51. The second-order valence-electron chi connectivity index (χ2n) is 8.95. The quantitative estimate of drug-likeness (QED) is 0.327. The molecule has 10 nitrogen and oxygen atoms in total. The summed E-state index contributed by atoms with van der Waals surface area (Å²) in [6.45, 7) is 6.73. The summed E-state index contributed by atoms with van der Waals surface area (Å²) in [5, 5.41) is 6.58. The number of nitrogens with one attached hydrogen (secondary N) is 3. The SMILES string of the molecule is COc1cc(N2CCOCC2)ccc1Nc1ncc(Cl)c(Nc2ccccc2NS(=O)(=O)CC(C)C)n1. The number of para-hydroxylation sites is 2. The standard InChI is InChI=1S/C25H31ClN6O4S/c1-17(2)16-37(33,34)31-21-7-5-4-6-20(21)28-24-19(26)15-27-25(30-24)29-22-9-8-18(14-23(22)35-3)32-10-12-36-13-11-32/h4-9,14-15,17,31H,10-13,16H2,1-3H3,(H2,27,28,29,30). The molecule has 3 aromatic rings. The zero-order valence-corrected chi connectivity index (χ0v) is 22.6. The van der Waals surface area contributed by atoms with Crippen LogP contribution in [0.3, 0.4) is 0 Å². The van der Waals surface area contributed by atoms with Crippen LogP contribution in [-0.2, 0) is 14.8 Å². The van der Waals surface area contributed by atoms with Gasteiger partial charge in [0.2, 0.25) is 16.0 Å². The third-order valence-corrected chi connectivity index (χ3v) is 7.46. The Balaban J connectivity index is 1.54. The molecule has 37 heavy (non-hydrogen) atoms. The molecule has 1 saturated heterocycles. The summed E-state index contributed by atoms with van der Waals surface area (Å²) in [5.74, 6) is 1.25. The molecule has 198 valence electrons. The molecule has 0 saturated carbocycles. The van der Waals surface area contributed by atoms with E-state index in [9.17, 15) is 8.42 Å². The minimum Gasteiger partial charge on any atom is -0.494 e. The summed E-state index contributed by atoms with van der Waals surface area (Å²) in [6, 6.07) is 12.8. The lowest BCUT2D eigenvalue weighted by molar-refractivity contribution is 0.122. The predicted molar refractivity (Wildman–Crippen MR) is 148 cm³/mol. The van der Waals surface area contributed by atoms with Gasteiger partial charge in [-0.25, -0.2) is 13.4 Å². The van der Waals surface area contributed by atoms with Gasteiger partial charge in [0.1, 0.15) is 10.8 Å². The fourth-order valence-electron chi connectivity index (χ4n) is 3.89. The van der Waals surface area contributed by atoms with E-state index in [1.54, 1.807) is 31.4 Å². The number of aromatic nitrogens is 2. The van der Waals surface area contributed by atoms with E-state index in [-0.39, 0.29) is 16.7 Å². The molecule has 1 aliphatic heterocycles. The van der Waals surface area contributed by atoms with Crippen molar-refractivity contribution in [2.24, 2.45) is 5.92 Å². The van der Waals surface area contributed by atoms with E-state index in [0.29, 0.717) is 47.8 Å². The van der Waals surface area contributed by atoms with Gasteiger partial charge in [-0.15, -0.1) is 0 Å². The molecule has 0 amide bonds. The van der Waals surface area contributed by atoms with Gasteiger partial charge < -0.3 is 25.0 Å². The first kappa shape index (κ1) is 26.8. The molecule has 0 unspecified atom stereocenters. The Morgan fingerprint density at radius 3 is 2.51 bits per heavy atom. The van der Waals surface area contributed by atoms with E-state index in [2.05, 4.69) is 30.2 Å². The lowest BCUT2D eigenvalue weighted by Crippen LogP contribution is -2.36. The second kappa shape index (κ2) is 11.8. The molecule has 0 radical (unpaired) electrons. The average Bonchev–Trinajstić information content (AvgIpc) is 2.87. The molecule has 1 aromatic heterocycles. The third-order valence-electron chi connectivity index (χ3n) is 5.55. The van der Waals surface area contributed by atoms with Crippen LogP contribution in [0.25, 0.3) is 0 Å². The highest BCUT2D eigenvalue weighted by molar-refractivity contribution is 7.92. The van der Waals surface area contributed by atoms with E-state index in [1.807, 2.05) is 32.0 Å². The van der Waals surface area contributed by atoms with Crippen LogP contribution in [0.15, 0.2) is 48.7 Å². The molecule has 3 N–H and O–H groups in total. The lowest BCUT2D eigenvalue weighted by atomic mass is 10.2. The van der Waals surface area contributed by atoms with E-state index in [4.69, 9.17) is 21.1 Å². The Morgan fingerprint density at radius 1 is 1.08 bits per heavy atom. The fraction of sp³-hybridized carbons (Fsp3) is 0.360. The number of ether oxygens (including phenoxy) is 2. The number of anilines is 6. The van der Waals surface area contributed by atoms with E-state index < -0.39 is 10.0 Å². The molecule has 4 rings (SSSR count). The average molecular weight is 547 g/mol. The number of morpholine rings is 1. The Bertz CT molecular complexity index is 1330. The van der Waals surface area contributed by atoms with Crippen molar-refractivity contribution >= 4 is 56.1 Å². The Hall–Kier alpha value is -3.28. The zero-order valence-electron chi connectivity index (χ0n) is 21.0. The molecule has 1 fully saturated rings. The summed E-state index contributed by atoms with van der Waals surface area (Å²) < 4.78 is 38.7. The smallest absolute Gasteiger partial charge is 0.233 e. The van der Waals surface area contributed by atoms with Crippen molar-refractivity contribution in [2.45, 2.75) is 13.8 Å². The van der Waals surface area contributed by atoms with Crippen LogP contribution < -0.4 is 25.0 Å². The first-order valence-electron chi connectivity index (χ1n) is 11.9. The summed E-state index contributed by atoms with van der Waals surface area (Å²) in [4.78, 5) is 11.0. The maximum atomic E-state index is 12.5. The van der Waals surface area contributed by atoms with Crippen molar-refractivity contribution in [2.75, 3.05) is 59.4 Å². The van der Waals surface area contributed by atoms with Gasteiger partial charge in [-0.3, -0.25) is 4.72 Å². The highest BCUT2D eigenvalue weighted by Gasteiger charge is 2.17. The monoisotopic (exact) mass is 546 g/mol. The van der Waals surface area contributed by atoms with Gasteiger partial charge in [0.05, 0.1) is 49.3 Å². The maximum Gasteiger partial charge on any atom is 0.233 e. The molecular weight excluding hydrogens is 516 g/mol. The molecular formula is C25H31ClN6O4S. The number of hydrogen-bond donors (Lipinski definition) is 3. The Morgan fingerprint density at radius 2 is 1.81 bits per heavy atom. The van der Waals surface area contributed by atoms with Gasteiger partial charge >= 0.3 is 0 Å². The van der Waals surface area contributed by atoms with Crippen LogP contribution in [0.2, 0.25) is 5.02 Å². The number of methoxy groups -OCH3 is 1. The van der Waals surface area contributed by atoms with Crippen molar-refractivity contribution < 1.29 is 17.9 Å². The number of sulfonamides is 1. The van der Waals surface area contributed by atoms with Crippen LogP contribution in [0.5, 0.6) is 5.75 Å². The van der Waals surface area contributed by atoms with Crippen molar-refractivity contribution in [3.63, 3.8) is 0 Å². The summed E-state index contributed by atoms with van der Waals surface area (Å²) in [5.41, 5.74) is 2.64. The van der Waals surface area contributed by atoms with Crippen LogP contribution in [-0.4, -0.2) is 57.6 Å². The molecule has 2 aromatic carbocycles. The van der Waals surface area contributed by atoms with Crippen molar-refractivity contribution in [3.05, 3.63) is 53.7 Å². The zero-order chi connectivity index (χ0) is 26.4. The number of benzene rings is 2. The molecule has 2 heterocycles. The molecule has 0 bridgehead atoms. The number of nitrogens with zero attached hydrogens (tertiary/aromatic N) is 3. The van der Waals surface area contributed by atoms with Crippen LogP contribution in [0.4, 0.5) is 34.5 Å². The van der Waals surface area contributed by atoms with E-state index >= 15 is 0 Å². The topological polar surface area (TPSA) is 118 Å². The van der Waals surface area contributed by atoms with Gasteiger partial charge in [-0.05, 0) is 30.2 Å². The minimum atomic E-state index is -3.52.